The summed E-state index contributed by atoms with van der Waals surface area (Å²) < 4.78 is 46.1. The highest BCUT2D eigenvalue weighted by Gasteiger charge is 2.20. The summed E-state index contributed by atoms with van der Waals surface area (Å²) in [4.78, 5) is 25.0. The number of aryl methyl sites for hydroxylation is 3. The second-order valence-electron chi connectivity index (χ2n) is 7.76. The van der Waals surface area contributed by atoms with E-state index in [9.17, 15) is 22.4 Å². The first kappa shape index (κ1) is 24.9. The Kier molecular flexibility index (Phi) is 7.07. The molecule has 1 heterocycles. The van der Waals surface area contributed by atoms with Crippen LogP contribution in [0.15, 0.2) is 64.3 Å². The number of nitrogens with zero attached hydrogens (tertiary/aromatic N) is 1. The number of benzene rings is 2. The SMILES string of the molecule is C=CS(=O)(=O)c1ccc(Oc2c(C)cc(F)cc2C)c(-c2cc(C(=O)NCC)c(=O)n(C)c2)c1. The Bertz CT molecular complexity index is 1440. The summed E-state index contributed by atoms with van der Waals surface area (Å²) >= 11 is 0. The number of sulfone groups is 1. The van der Waals surface area contributed by atoms with Crippen molar-refractivity contribution >= 4 is 15.7 Å². The highest BCUT2D eigenvalue weighted by molar-refractivity contribution is 7.94. The Morgan fingerprint density at radius 2 is 1.82 bits per heavy atom. The highest BCUT2D eigenvalue weighted by atomic mass is 32.2. The minimum atomic E-state index is -3.78. The number of aromatic nitrogens is 1. The molecule has 2 aromatic carbocycles. The summed E-state index contributed by atoms with van der Waals surface area (Å²) in [5, 5.41) is 3.43. The lowest BCUT2D eigenvalue weighted by Gasteiger charge is -2.17. The van der Waals surface area contributed by atoms with Crippen LogP contribution in [0.1, 0.15) is 28.4 Å². The lowest BCUT2D eigenvalue weighted by molar-refractivity contribution is 0.0954. The number of amides is 1. The van der Waals surface area contributed by atoms with E-state index in [1.165, 1.54) is 54.2 Å². The fourth-order valence-corrected chi connectivity index (χ4v) is 4.28. The molecule has 0 aliphatic rings. The molecule has 1 amide bonds. The molecule has 0 atom stereocenters. The normalized spacial score (nSPS) is 11.2. The second kappa shape index (κ2) is 9.64. The standard InChI is InChI=1S/C25H25FN2O5S/c1-6-27-24(29)21-12-17(14-28(5)25(21)30)20-13-19(34(31,32)7-2)8-9-22(20)33-23-15(3)10-18(26)11-16(23)4/h7-14H,2,6H2,1,3-5H3,(H,27,29). The van der Waals surface area contributed by atoms with E-state index < -0.39 is 27.1 Å². The van der Waals surface area contributed by atoms with Gasteiger partial charge in [0.2, 0.25) is 0 Å². The number of halogens is 1. The third-order valence-electron chi connectivity index (χ3n) is 5.21. The second-order valence-corrected chi connectivity index (χ2v) is 9.65. The van der Waals surface area contributed by atoms with Crippen molar-refractivity contribution in [3.63, 3.8) is 0 Å². The van der Waals surface area contributed by atoms with Crippen LogP contribution in [0, 0.1) is 19.7 Å². The lowest BCUT2D eigenvalue weighted by atomic mass is 10.0. The molecule has 0 aliphatic heterocycles. The predicted molar refractivity (Wildman–Crippen MR) is 128 cm³/mol. The fraction of sp³-hybridized carbons (Fsp3) is 0.200. The van der Waals surface area contributed by atoms with Gasteiger partial charge in [0.1, 0.15) is 22.9 Å². The van der Waals surface area contributed by atoms with Gasteiger partial charge in [-0.15, -0.1) is 0 Å². The van der Waals surface area contributed by atoms with Gasteiger partial charge in [0, 0.05) is 36.3 Å². The molecule has 34 heavy (non-hydrogen) atoms. The van der Waals surface area contributed by atoms with Gasteiger partial charge in [0.05, 0.1) is 4.90 Å². The third kappa shape index (κ3) is 4.94. The number of rotatable bonds is 7. The van der Waals surface area contributed by atoms with E-state index in [1.54, 1.807) is 20.8 Å². The molecule has 0 bridgehead atoms. The molecule has 0 fully saturated rings. The molecular weight excluding hydrogens is 459 g/mol. The van der Waals surface area contributed by atoms with Crippen molar-refractivity contribution in [3.05, 3.63) is 87.4 Å². The zero-order chi connectivity index (χ0) is 25.2. The van der Waals surface area contributed by atoms with Crippen molar-refractivity contribution in [2.75, 3.05) is 6.54 Å². The molecule has 0 unspecified atom stereocenters. The zero-order valence-electron chi connectivity index (χ0n) is 19.3. The minimum absolute atomic E-state index is 0.0363. The average Bonchev–Trinajstić information content (AvgIpc) is 2.78. The van der Waals surface area contributed by atoms with E-state index in [-0.39, 0.29) is 16.2 Å². The molecule has 1 N–H and O–H groups in total. The maximum atomic E-state index is 13.8. The molecule has 0 aliphatic carbocycles. The molecule has 0 radical (unpaired) electrons. The van der Waals surface area contributed by atoms with Crippen LogP contribution < -0.4 is 15.6 Å². The Hall–Kier alpha value is -3.72. The highest BCUT2D eigenvalue weighted by Crippen LogP contribution is 2.38. The Morgan fingerprint density at radius 1 is 1.18 bits per heavy atom. The first-order valence-corrected chi connectivity index (χ1v) is 12.0. The van der Waals surface area contributed by atoms with Crippen LogP contribution in [-0.2, 0) is 16.9 Å². The van der Waals surface area contributed by atoms with Crippen molar-refractivity contribution in [1.29, 1.82) is 0 Å². The molecule has 0 saturated carbocycles. The van der Waals surface area contributed by atoms with Crippen molar-refractivity contribution in [2.45, 2.75) is 25.7 Å². The fourth-order valence-electron chi connectivity index (χ4n) is 3.54. The molecule has 9 heteroatoms. The summed E-state index contributed by atoms with van der Waals surface area (Å²) in [6, 6.07) is 8.30. The summed E-state index contributed by atoms with van der Waals surface area (Å²) in [6.45, 7) is 8.82. The van der Waals surface area contributed by atoms with Crippen LogP contribution in [-0.4, -0.2) is 25.4 Å². The van der Waals surface area contributed by atoms with Gasteiger partial charge in [-0.05, 0) is 68.3 Å². The van der Waals surface area contributed by atoms with Gasteiger partial charge in [0.25, 0.3) is 11.5 Å². The van der Waals surface area contributed by atoms with E-state index in [1.807, 2.05) is 0 Å². The summed E-state index contributed by atoms with van der Waals surface area (Å²) in [5.41, 5.74) is 1.21. The van der Waals surface area contributed by atoms with Crippen LogP contribution in [0.4, 0.5) is 4.39 Å². The number of carbonyl (C=O) groups is 1. The molecule has 0 saturated heterocycles. The Morgan fingerprint density at radius 3 is 2.41 bits per heavy atom. The van der Waals surface area contributed by atoms with Crippen LogP contribution in [0.2, 0.25) is 0 Å². The average molecular weight is 485 g/mol. The van der Waals surface area contributed by atoms with Gasteiger partial charge >= 0.3 is 0 Å². The molecule has 0 spiro atoms. The predicted octanol–water partition coefficient (Wildman–Crippen LogP) is 4.27. The van der Waals surface area contributed by atoms with Crippen LogP contribution in [0.5, 0.6) is 11.5 Å². The van der Waals surface area contributed by atoms with E-state index >= 15 is 0 Å². The van der Waals surface area contributed by atoms with Crippen LogP contribution in [0.3, 0.4) is 0 Å². The van der Waals surface area contributed by atoms with Gasteiger partial charge in [0.15, 0.2) is 9.84 Å². The maximum absolute atomic E-state index is 13.8. The number of pyridine rings is 1. The first-order valence-electron chi connectivity index (χ1n) is 10.4. The van der Waals surface area contributed by atoms with E-state index in [0.717, 1.165) is 5.41 Å². The molecule has 3 aromatic rings. The summed E-state index contributed by atoms with van der Waals surface area (Å²) in [5.74, 6) is -0.274. The van der Waals surface area contributed by atoms with Crippen molar-refractivity contribution in [2.24, 2.45) is 7.05 Å². The maximum Gasteiger partial charge on any atom is 0.263 e. The van der Waals surface area contributed by atoms with Gasteiger partial charge in [-0.3, -0.25) is 9.59 Å². The van der Waals surface area contributed by atoms with Crippen LogP contribution >= 0.6 is 0 Å². The Labute approximate surface area is 197 Å². The lowest BCUT2D eigenvalue weighted by Crippen LogP contribution is -2.32. The number of nitrogens with one attached hydrogen (secondary N) is 1. The number of ether oxygens (including phenoxy) is 1. The molecular formula is C25H25FN2O5S. The van der Waals surface area contributed by atoms with E-state index in [0.29, 0.717) is 34.5 Å². The van der Waals surface area contributed by atoms with Crippen LogP contribution in [0.25, 0.3) is 11.1 Å². The summed E-state index contributed by atoms with van der Waals surface area (Å²) in [7, 11) is -2.29. The van der Waals surface area contributed by atoms with Crippen molar-refractivity contribution < 1.29 is 22.3 Å². The minimum Gasteiger partial charge on any atom is -0.456 e. The first-order chi connectivity index (χ1) is 16.0. The van der Waals surface area contributed by atoms with Crippen molar-refractivity contribution in [3.8, 4) is 22.6 Å². The number of hydrogen-bond donors (Lipinski definition) is 1. The number of hydrogen-bond acceptors (Lipinski definition) is 5. The van der Waals surface area contributed by atoms with Gasteiger partial charge in [-0.2, -0.15) is 0 Å². The molecule has 1 aromatic heterocycles. The molecule has 178 valence electrons. The van der Waals surface area contributed by atoms with E-state index in [4.69, 9.17) is 4.74 Å². The quantitative estimate of drug-likeness (QED) is 0.541. The smallest absolute Gasteiger partial charge is 0.263 e. The van der Waals surface area contributed by atoms with Crippen molar-refractivity contribution in [1.82, 2.24) is 9.88 Å². The molecule has 3 rings (SSSR count). The monoisotopic (exact) mass is 484 g/mol. The molecule has 7 nitrogen and oxygen atoms in total. The Balaban J connectivity index is 2.28. The van der Waals surface area contributed by atoms with Gasteiger partial charge < -0.3 is 14.6 Å². The summed E-state index contributed by atoms with van der Waals surface area (Å²) in [6.07, 6.45) is 1.49. The third-order valence-corrected chi connectivity index (χ3v) is 6.56. The largest absolute Gasteiger partial charge is 0.456 e. The van der Waals surface area contributed by atoms with E-state index in [2.05, 4.69) is 11.9 Å². The van der Waals surface area contributed by atoms with Gasteiger partial charge in [-0.1, -0.05) is 6.58 Å². The topological polar surface area (TPSA) is 94.5 Å². The zero-order valence-corrected chi connectivity index (χ0v) is 20.1. The number of carbonyl (C=O) groups excluding carboxylic acids is 1. The van der Waals surface area contributed by atoms with Gasteiger partial charge in [-0.25, -0.2) is 12.8 Å².